The summed E-state index contributed by atoms with van der Waals surface area (Å²) in [6, 6.07) is 27.4. The molecule has 0 fully saturated rings. The third-order valence-electron chi connectivity index (χ3n) is 5.08. The molecule has 0 aliphatic heterocycles. The van der Waals surface area contributed by atoms with Crippen LogP contribution in [0.2, 0.25) is 0 Å². The summed E-state index contributed by atoms with van der Waals surface area (Å²) in [5, 5.41) is 18.9. The molecule has 4 rings (SSSR count). The standard InChI is InChI=1S/C26H25N5O2/c27-18-22-8-10-24(11-9-22)31(30-20-28-29-21-30)16-4-5-17-32-25-12-14-26(15-13-25)33-19-23-6-2-1-3-7-23/h1-3,6-15,20-21H,4-5,16-17,19H2. The average Bonchev–Trinajstić information content (AvgIpc) is 3.41. The van der Waals surface area contributed by atoms with Crippen molar-refractivity contribution in [1.82, 2.24) is 14.9 Å². The maximum absolute atomic E-state index is 9.03. The van der Waals surface area contributed by atoms with Crippen molar-refractivity contribution in [3.63, 3.8) is 0 Å². The number of unbranched alkanes of at least 4 members (excludes halogenated alkanes) is 1. The molecule has 3 aromatic carbocycles. The molecule has 0 aliphatic rings. The zero-order valence-corrected chi connectivity index (χ0v) is 18.2. The van der Waals surface area contributed by atoms with Gasteiger partial charge in [0.25, 0.3) is 0 Å². The van der Waals surface area contributed by atoms with Crippen molar-refractivity contribution in [2.45, 2.75) is 19.4 Å². The molecule has 0 unspecified atom stereocenters. The summed E-state index contributed by atoms with van der Waals surface area (Å²) < 4.78 is 13.6. The fraction of sp³-hybridized carbons (Fsp3) is 0.192. The number of hydrogen-bond donors (Lipinski definition) is 0. The Morgan fingerprint density at radius 2 is 1.45 bits per heavy atom. The van der Waals surface area contributed by atoms with E-state index in [1.54, 1.807) is 12.7 Å². The largest absolute Gasteiger partial charge is 0.494 e. The van der Waals surface area contributed by atoms with Crippen LogP contribution in [0.4, 0.5) is 5.69 Å². The van der Waals surface area contributed by atoms with Gasteiger partial charge < -0.3 is 9.47 Å². The van der Waals surface area contributed by atoms with Gasteiger partial charge >= 0.3 is 0 Å². The molecule has 0 amide bonds. The van der Waals surface area contributed by atoms with Crippen molar-refractivity contribution >= 4 is 5.69 Å². The highest BCUT2D eigenvalue weighted by Crippen LogP contribution is 2.20. The second kappa shape index (κ2) is 11.3. The number of aromatic nitrogens is 3. The Balaban J connectivity index is 1.22. The van der Waals surface area contributed by atoms with E-state index in [9.17, 15) is 0 Å². The smallest absolute Gasteiger partial charge is 0.139 e. The minimum atomic E-state index is 0.545. The SMILES string of the molecule is N#Cc1ccc(N(CCCCOc2ccc(OCc3ccccc3)cc2)n2cnnc2)cc1. The molecule has 0 spiro atoms. The van der Waals surface area contributed by atoms with E-state index in [-0.39, 0.29) is 0 Å². The molecule has 166 valence electrons. The minimum Gasteiger partial charge on any atom is -0.494 e. The zero-order chi connectivity index (χ0) is 22.7. The summed E-state index contributed by atoms with van der Waals surface area (Å²) in [7, 11) is 0. The van der Waals surface area contributed by atoms with Crippen LogP contribution in [-0.2, 0) is 6.61 Å². The van der Waals surface area contributed by atoms with Gasteiger partial charge in [0.2, 0.25) is 0 Å². The Kier molecular flexibility index (Phi) is 7.53. The lowest BCUT2D eigenvalue weighted by Gasteiger charge is -2.25. The van der Waals surface area contributed by atoms with Crippen LogP contribution in [0, 0.1) is 11.3 Å². The fourth-order valence-electron chi connectivity index (χ4n) is 3.33. The van der Waals surface area contributed by atoms with Crippen LogP contribution in [0.3, 0.4) is 0 Å². The van der Waals surface area contributed by atoms with Gasteiger partial charge in [-0.05, 0) is 66.9 Å². The van der Waals surface area contributed by atoms with Crippen LogP contribution < -0.4 is 14.5 Å². The fourth-order valence-corrected chi connectivity index (χ4v) is 3.33. The molecular formula is C26H25N5O2. The number of rotatable bonds is 11. The van der Waals surface area contributed by atoms with E-state index >= 15 is 0 Å². The van der Waals surface area contributed by atoms with Crippen molar-refractivity contribution in [2.75, 3.05) is 18.2 Å². The van der Waals surface area contributed by atoms with Crippen LogP contribution >= 0.6 is 0 Å². The summed E-state index contributed by atoms with van der Waals surface area (Å²) in [6.07, 6.45) is 5.13. The highest BCUT2D eigenvalue weighted by Gasteiger charge is 2.09. The van der Waals surface area contributed by atoms with Gasteiger partial charge in [0, 0.05) is 6.54 Å². The number of nitriles is 1. The van der Waals surface area contributed by atoms with Gasteiger partial charge in [0.05, 0.1) is 23.9 Å². The van der Waals surface area contributed by atoms with E-state index in [0.29, 0.717) is 18.8 Å². The first kappa shape index (κ1) is 21.9. The Morgan fingerprint density at radius 1 is 0.788 bits per heavy atom. The summed E-state index contributed by atoms with van der Waals surface area (Å²) in [5.41, 5.74) is 2.74. The summed E-state index contributed by atoms with van der Waals surface area (Å²) in [4.78, 5) is 0. The number of hydrogen-bond acceptors (Lipinski definition) is 6. The third kappa shape index (κ3) is 6.34. The van der Waals surface area contributed by atoms with Gasteiger partial charge in [0.1, 0.15) is 30.8 Å². The zero-order valence-electron chi connectivity index (χ0n) is 18.2. The van der Waals surface area contributed by atoms with Gasteiger partial charge in [-0.3, -0.25) is 5.01 Å². The first-order chi connectivity index (χ1) is 16.3. The van der Waals surface area contributed by atoms with Crippen LogP contribution in [0.1, 0.15) is 24.0 Å². The lowest BCUT2D eigenvalue weighted by atomic mass is 10.2. The maximum Gasteiger partial charge on any atom is 0.139 e. The molecule has 0 N–H and O–H groups in total. The van der Waals surface area contributed by atoms with Gasteiger partial charge in [-0.2, -0.15) is 5.26 Å². The molecule has 1 aromatic heterocycles. The third-order valence-corrected chi connectivity index (χ3v) is 5.08. The Morgan fingerprint density at radius 3 is 2.12 bits per heavy atom. The van der Waals surface area contributed by atoms with Crippen LogP contribution in [-0.4, -0.2) is 28.0 Å². The van der Waals surface area contributed by atoms with Crippen molar-refractivity contribution < 1.29 is 9.47 Å². The van der Waals surface area contributed by atoms with Gasteiger partial charge in [-0.15, -0.1) is 10.2 Å². The summed E-state index contributed by atoms with van der Waals surface area (Å²) >= 11 is 0. The van der Waals surface area contributed by atoms with E-state index in [1.165, 1.54) is 0 Å². The molecule has 0 atom stereocenters. The number of ether oxygens (including phenoxy) is 2. The molecule has 0 saturated carbocycles. The monoisotopic (exact) mass is 439 g/mol. The molecule has 0 aliphatic carbocycles. The first-order valence-electron chi connectivity index (χ1n) is 10.8. The first-order valence-corrected chi connectivity index (χ1v) is 10.8. The van der Waals surface area contributed by atoms with Crippen molar-refractivity contribution in [2.24, 2.45) is 0 Å². The number of anilines is 1. The maximum atomic E-state index is 9.03. The highest BCUT2D eigenvalue weighted by molar-refractivity contribution is 5.49. The highest BCUT2D eigenvalue weighted by atomic mass is 16.5. The average molecular weight is 440 g/mol. The van der Waals surface area contributed by atoms with Crippen molar-refractivity contribution in [3.8, 4) is 17.6 Å². The van der Waals surface area contributed by atoms with E-state index in [1.807, 2.05) is 83.5 Å². The number of nitrogens with zero attached hydrogens (tertiary/aromatic N) is 5. The molecule has 7 nitrogen and oxygen atoms in total. The Labute approximate surface area is 193 Å². The predicted molar refractivity (Wildman–Crippen MR) is 126 cm³/mol. The van der Waals surface area contributed by atoms with E-state index in [4.69, 9.17) is 14.7 Å². The minimum absolute atomic E-state index is 0.545. The van der Waals surface area contributed by atoms with Crippen molar-refractivity contribution in [3.05, 3.63) is 103 Å². The molecule has 33 heavy (non-hydrogen) atoms. The quantitative estimate of drug-likeness (QED) is 0.311. The molecule has 7 heteroatoms. The van der Waals surface area contributed by atoms with Gasteiger partial charge in [-0.1, -0.05) is 30.3 Å². The molecule has 0 saturated heterocycles. The lowest BCUT2D eigenvalue weighted by Crippen LogP contribution is -2.29. The molecule has 4 aromatic rings. The molecule has 1 heterocycles. The van der Waals surface area contributed by atoms with Crippen LogP contribution in [0.15, 0.2) is 91.5 Å². The topological polar surface area (TPSA) is 76.2 Å². The number of benzene rings is 3. The van der Waals surface area contributed by atoms with E-state index in [2.05, 4.69) is 21.3 Å². The Bertz CT molecular complexity index is 1140. The summed E-state index contributed by atoms with van der Waals surface area (Å²) in [5.74, 6) is 1.64. The molecular weight excluding hydrogens is 414 g/mol. The molecule has 0 bridgehead atoms. The van der Waals surface area contributed by atoms with Crippen molar-refractivity contribution in [1.29, 1.82) is 5.26 Å². The second-order valence-corrected chi connectivity index (χ2v) is 7.42. The van der Waals surface area contributed by atoms with Gasteiger partial charge in [-0.25, -0.2) is 4.68 Å². The summed E-state index contributed by atoms with van der Waals surface area (Å²) in [6.45, 7) is 1.93. The van der Waals surface area contributed by atoms with Gasteiger partial charge in [0.15, 0.2) is 0 Å². The Hall–Kier alpha value is -4.31. The van der Waals surface area contributed by atoms with E-state index in [0.717, 1.165) is 42.1 Å². The predicted octanol–water partition coefficient (Wildman–Crippen LogP) is 4.86. The second-order valence-electron chi connectivity index (χ2n) is 7.42. The lowest BCUT2D eigenvalue weighted by molar-refractivity contribution is 0.298. The van der Waals surface area contributed by atoms with E-state index < -0.39 is 0 Å². The normalized spacial score (nSPS) is 10.4. The molecule has 0 radical (unpaired) electrons. The van der Waals surface area contributed by atoms with Crippen LogP contribution in [0.25, 0.3) is 0 Å². The van der Waals surface area contributed by atoms with Crippen LogP contribution in [0.5, 0.6) is 11.5 Å².